The zero-order valence-electron chi connectivity index (χ0n) is 21.7. The van der Waals surface area contributed by atoms with E-state index in [1.165, 1.54) is 47.1 Å². The Morgan fingerprint density at radius 2 is 1.64 bits per heavy atom. The molecule has 2 aromatic carbocycles. The van der Waals surface area contributed by atoms with E-state index in [0.717, 1.165) is 65.0 Å². The number of anilines is 2. The number of hydrogen-bond acceptors (Lipinski definition) is 3. The van der Waals surface area contributed by atoms with Crippen molar-refractivity contribution in [2.75, 3.05) is 42.5 Å². The van der Waals surface area contributed by atoms with Crippen molar-refractivity contribution in [2.24, 2.45) is 5.92 Å². The van der Waals surface area contributed by atoms with Gasteiger partial charge in [0.25, 0.3) is 0 Å². The number of benzene rings is 2. The highest BCUT2D eigenvalue weighted by molar-refractivity contribution is 5.97. The van der Waals surface area contributed by atoms with Gasteiger partial charge in [0.1, 0.15) is 0 Å². The first kappa shape index (κ1) is 23.6. The molecule has 0 radical (unpaired) electrons. The number of rotatable bonds is 5. The minimum atomic E-state index is 0.208. The molecule has 36 heavy (non-hydrogen) atoms. The summed E-state index contributed by atoms with van der Waals surface area (Å²) in [6.07, 6.45) is 10.2. The SMILES string of the molecule is CCn1ccc2c(N3CCN(CC4CCc5ccccc5N4C(=O)C4CCCCC4)CC3)cccc21. The summed E-state index contributed by atoms with van der Waals surface area (Å²) in [5.41, 5.74) is 5.21. The predicted molar refractivity (Wildman–Crippen MR) is 149 cm³/mol. The summed E-state index contributed by atoms with van der Waals surface area (Å²) in [7, 11) is 0. The molecule has 3 aliphatic rings. The molecule has 3 aromatic rings. The summed E-state index contributed by atoms with van der Waals surface area (Å²) >= 11 is 0. The fourth-order valence-electron chi connectivity index (χ4n) is 6.85. The van der Waals surface area contributed by atoms with Crippen LogP contribution >= 0.6 is 0 Å². The molecule has 1 aromatic heterocycles. The van der Waals surface area contributed by atoms with Crippen molar-refractivity contribution in [3.05, 3.63) is 60.3 Å². The lowest BCUT2D eigenvalue weighted by molar-refractivity contribution is -0.124. The van der Waals surface area contributed by atoms with Crippen molar-refractivity contribution in [1.29, 1.82) is 0 Å². The van der Waals surface area contributed by atoms with Crippen molar-refractivity contribution in [3.63, 3.8) is 0 Å². The van der Waals surface area contributed by atoms with Gasteiger partial charge in [-0.15, -0.1) is 0 Å². The lowest BCUT2D eigenvalue weighted by Gasteiger charge is -2.44. The van der Waals surface area contributed by atoms with Crippen LogP contribution in [-0.4, -0.2) is 54.1 Å². The Balaban J connectivity index is 1.16. The molecule has 6 rings (SSSR count). The number of amides is 1. The molecule has 1 saturated carbocycles. The third kappa shape index (κ3) is 4.43. The summed E-state index contributed by atoms with van der Waals surface area (Å²) in [6.45, 7) is 8.37. The maximum Gasteiger partial charge on any atom is 0.230 e. The number of fused-ring (bicyclic) bond motifs is 2. The van der Waals surface area contributed by atoms with Crippen LogP contribution in [0.1, 0.15) is 51.0 Å². The standard InChI is InChI=1S/C31H40N4O/c1-2-33-18-17-27-29(33)13-8-14-30(27)34-21-19-32(20-22-34)23-26-16-15-24-9-6-7-12-28(24)35(26)31(36)25-10-4-3-5-11-25/h6-9,12-14,17-18,25-26H,2-5,10-11,15-16,19-23H2,1H3. The Morgan fingerprint density at radius 3 is 2.44 bits per heavy atom. The second-order valence-electron chi connectivity index (χ2n) is 11.0. The number of hydrogen-bond donors (Lipinski definition) is 0. The number of piperazine rings is 1. The van der Waals surface area contributed by atoms with E-state index < -0.39 is 0 Å². The third-order valence-electron chi connectivity index (χ3n) is 8.87. The number of aromatic nitrogens is 1. The van der Waals surface area contributed by atoms with Crippen LogP contribution in [0.2, 0.25) is 0 Å². The number of nitrogens with zero attached hydrogens (tertiary/aromatic N) is 4. The van der Waals surface area contributed by atoms with Crippen LogP contribution in [0.3, 0.4) is 0 Å². The van der Waals surface area contributed by atoms with E-state index in [1.807, 2.05) is 0 Å². The van der Waals surface area contributed by atoms with Crippen LogP contribution in [0, 0.1) is 5.92 Å². The summed E-state index contributed by atoms with van der Waals surface area (Å²) in [6, 6.07) is 17.9. The summed E-state index contributed by atoms with van der Waals surface area (Å²) < 4.78 is 2.33. The lowest BCUT2D eigenvalue weighted by Crippen LogP contribution is -2.55. The zero-order valence-corrected chi connectivity index (χ0v) is 21.7. The van der Waals surface area contributed by atoms with Crippen molar-refractivity contribution >= 4 is 28.2 Å². The molecule has 0 N–H and O–H groups in total. The van der Waals surface area contributed by atoms with Gasteiger partial charge < -0.3 is 14.4 Å². The van der Waals surface area contributed by atoms with E-state index in [-0.39, 0.29) is 12.0 Å². The fourth-order valence-corrected chi connectivity index (χ4v) is 6.85. The van der Waals surface area contributed by atoms with E-state index >= 15 is 0 Å². The van der Waals surface area contributed by atoms with Gasteiger partial charge in [-0.05, 0) is 62.4 Å². The molecule has 1 unspecified atom stereocenters. The van der Waals surface area contributed by atoms with Crippen molar-refractivity contribution in [3.8, 4) is 0 Å². The number of carbonyl (C=O) groups excluding carboxylic acids is 1. The van der Waals surface area contributed by atoms with Crippen LogP contribution in [0.4, 0.5) is 11.4 Å². The second kappa shape index (κ2) is 10.3. The Labute approximate surface area is 215 Å². The van der Waals surface area contributed by atoms with Gasteiger partial charge in [0.05, 0.1) is 5.52 Å². The largest absolute Gasteiger partial charge is 0.368 e. The maximum atomic E-state index is 13.9. The summed E-state index contributed by atoms with van der Waals surface area (Å²) in [5.74, 6) is 0.595. The highest BCUT2D eigenvalue weighted by atomic mass is 16.2. The van der Waals surface area contributed by atoms with E-state index in [1.54, 1.807) is 0 Å². The molecule has 0 spiro atoms. The first-order valence-corrected chi connectivity index (χ1v) is 14.2. The van der Waals surface area contributed by atoms with Gasteiger partial charge in [-0.25, -0.2) is 0 Å². The first-order chi connectivity index (χ1) is 17.7. The second-order valence-corrected chi connectivity index (χ2v) is 11.0. The first-order valence-electron chi connectivity index (χ1n) is 14.2. The predicted octanol–water partition coefficient (Wildman–Crippen LogP) is 5.71. The molecule has 1 amide bonds. The van der Waals surface area contributed by atoms with Gasteiger partial charge in [-0.2, -0.15) is 0 Å². The number of carbonyl (C=O) groups is 1. The normalized spacial score (nSPS) is 21.6. The Hall–Kier alpha value is -2.79. The number of aryl methyl sites for hydroxylation is 2. The van der Waals surface area contributed by atoms with Crippen molar-refractivity contribution in [2.45, 2.75) is 64.5 Å². The molecule has 1 atom stereocenters. The molecule has 2 aliphatic heterocycles. The van der Waals surface area contributed by atoms with Crippen LogP contribution in [0.25, 0.3) is 10.9 Å². The van der Waals surface area contributed by atoms with Gasteiger partial charge in [0.15, 0.2) is 0 Å². The Kier molecular flexibility index (Phi) is 6.75. The average Bonchev–Trinajstić information content (AvgIpc) is 3.37. The Morgan fingerprint density at radius 1 is 0.861 bits per heavy atom. The van der Waals surface area contributed by atoms with Crippen molar-refractivity contribution in [1.82, 2.24) is 9.47 Å². The van der Waals surface area contributed by atoms with Crippen LogP contribution in [0.5, 0.6) is 0 Å². The molecule has 3 heterocycles. The van der Waals surface area contributed by atoms with E-state index in [0.29, 0.717) is 5.91 Å². The topological polar surface area (TPSA) is 31.7 Å². The molecule has 5 heteroatoms. The zero-order chi connectivity index (χ0) is 24.5. The molecular formula is C31H40N4O. The van der Waals surface area contributed by atoms with E-state index in [4.69, 9.17) is 0 Å². The molecule has 2 fully saturated rings. The van der Waals surface area contributed by atoms with E-state index in [2.05, 4.69) is 80.9 Å². The quantitative estimate of drug-likeness (QED) is 0.465. The minimum Gasteiger partial charge on any atom is -0.368 e. The van der Waals surface area contributed by atoms with Crippen molar-refractivity contribution < 1.29 is 4.79 Å². The average molecular weight is 485 g/mol. The summed E-state index contributed by atoms with van der Waals surface area (Å²) in [5, 5.41) is 1.36. The highest BCUT2D eigenvalue weighted by Crippen LogP contribution is 2.35. The molecule has 1 saturated heterocycles. The summed E-state index contributed by atoms with van der Waals surface area (Å²) in [4.78, 5) is 21.2. The van der Waals surface area contributed by atoms with Gasteiger partial charge in [-0.1, -0.05) is 43.5 Å². The fraction of sp³-hybridized carbons (Fsp3) is 0.516. The van der Waals surface area contributed by atoms with Crippen LogP contribution in [0.15, 0.2) is 54.7 Å². The minimum absolute atomic E-state index is 0.208. The highest BCUT2D eigenvalue weighted by Gasteiger charge is 2.36. The van der Waals surface area contributed by atoms with Gasteiger partial charge >= 0.3 is 0 Å². The smallest absolute Gasteiger partial charge is 0.230 e. The Bertz CT molecular complexity index is 1200. The lowest BCUT2D eigenvalue weighted by atomic mass is 9.86. The molecule has 5 nitrogen and oxygen atoms in total. The monoisotopic (exact) mass is 484 g/mol. The molecule has 1 aliphatic carbocycles. The van der Waals surface area contributed by atoms with Crippen LogP contribution in [-0.2, 0) is 17.8 Å². The maximum absolute atomic E-state index is 13.9. The molecule has 190 valence electrons. The molecule has 0 bridgehead atoms. The van der Waals surface area contributed by atoms with Gasteiger partial charge in [0.2, 0.25) is 5.91 Å². The van der Waals surface area contributed by atoms with Gasteiger partial charge in [0, 0.05) is 74.2 Å². The van der Waals surface area contributed by atoms with E-state index in [9.17, 15) is 4.79 Å². The van der Waals surface area contributed by atoms with Gasteiger partial charge in [-0.3, -0.25) is 9.69 Å². The molecular weight excluding hydrogens is 444 g/mol. The third-order valence-corrected chi connectivity index (χ3v) is 8.87. The van der Waals surface area contributed by atoms with Crippen LogP contribution < -0.4 is 9.80 Å². The number of para-hydroxylation sites is 1.